The first-order chi connectivity index (χ1) is 12.0. The van der Waals surface area contributed by atoms with Crippen molar-refractivity contribution in [2.75, 3.05) is 13.2 Å². The predicted molar refractivity (Wildman–Crippen MR) is 92.8 cm³/mol. The highest BCUT2D eigenvalue weighted by atomic mass is 16.3. The lowest BCUT2D eigenvalue weighted by Crippen LogP contribution is -2.32. The average Bonchev–Trinajstić information content (AvgIpc) is 3.02. The highest BCUT2D eigenvalue weighted by molar-refractivity contribution is 5.72. The minimum atomic E-state index is -1.11. The standard InChI is InChI=1S/C18H25N3O4/c1-13(24)19-9-18-20-15(8-7-14-5-3-2-4-6-14)10-21(18)16(11-22)17(25)12-23/h2-6,10,16-17,22-23,25H,7-9,11-12H2,1H3,(H,19,24)/t16?,17-/m0/s1. The summed E-state index contributed by atoms with van der Waals surface area (Å²) in [6, 6.07) is 9.30. The summed E-state index contributed by atoms with van der Waals surface area (Å²) >= 11 is 0. The van der Waals surface area contributed by atoms with Crippen LogP contribution < -0.4 is 5.32 Å². The fraction of sp³-hybridized carbons (Fsp3) is 0.444. The molecule has 0 fully saturated rings. The number of amides is 1. The monoisotopic (exact) mass is 347 g/mol. The SMILES string of the molecule is CC(=O)NCc1nc(CCc2ccccc2)cn1C(CO)[C@@H](O)CO. The lowest BCUT2D eigenvalue weighted by atomic mass is 10.1. The Morgan fingerprint density at radius 3 is 2.52 bits per heavy atom. The summed E-state index contributed by atoms with van der Waals surface area (Å²) in [5.74, 6) is 0.341. The molecule has 136 valence electrons. The molecule has 7 heteroatoms. The topological polar surface area (TPSA) is 108 Å². The van der Waals surface area contributed by atoms with Crippen molar-refractivity contribution in [3.8, 4) is 0 Å². The number of aliphatic hydroxyl groups is 3. The van der Waals surface area contributed by atoms with E-state index in [1.807, 2.05) is 30.3 Å². The fourth-order valence-electron chi connectivity index (χ4n) is 2.66. The van der Waals surface area contributed by atoms with E-state index in [1.165, 1.54) is 12.5 Å². The van der Waals surface area contributed by atoms with Gasteiger partial charge in [0.1, 0.15) is 5.82 Å². The molecule has 4 N–H and O–H groups in total. The molecule has 1 heterocycles. The quantitative estimate of drug-likeness (QED) is 0.518. The summed E-state index contributed by atoms with van der Waals surface area (Å²) in [7, 11) is 0. The number of aryl methyl sites for hydroxylation is 2. The third-order valence-corrected chi connectivity index (χ3v) is 4.04. The smallest absolute Gasteiger partial charge is 0.217 e. The minimum Gasteiger partial charge on any atom is -0.394 e. The predicted octanol–water partition coefficient (Wildman–Crippen LogP) is 0.191. The second kappa shape index (κ2) is 9.31. The molecule has 0 bridgehead atoms. The molecule has 0 saturated heterocycles. The number of carbonyl (C=O) groups excluding carboxylic acids is 1. The minimum absolute atomic E-state index is 0.190. The second-order valence-corrected chi connectivity index (χ2v) is 5.95. The van der Waals surface area contributed by atoms with Gasteiger partial charge < -0.3 is 25.2 Å². The molecule has 7 nitrogen and oxygen atoms in total. The van der Waals surface area contributed by atoms with Crippen LogP contribution in [0.4, 0.5) is 0 Å². The molecule has 0 aliphatic heterocycles. The van der Waals surface area contributed by atoms with Crippen molar-refractivity contribution in [2.45, 2.75) is 38.5 Å². The van der Waals surface area contributed by atoms with Crippen LogP contribution in [-0.4, -0.2) is 50.1 Å². The number of hydrogen-bond donors (Lipinski definition) is 4. The van der Waals surface area contributed by atoms with Crippen molar-refractivity contribution in [3.63, 3.8) is 0 Å². The number of rotatable bonds is 9. The van der Waals surface area contributed by atoms with E-state index in [4.69, 9.17) is 0 Å². The lowest BCUT2D eigenvalue weighted by Gasteiger charge is -2.22. The number of imidazole rings is 1. The van der Waals surface area contributed by atoms with Gasteiger partial charge in [-0.15, -0.1) is 0 Å². The zero-order chi connectivity index (χ0) is 18.2. The van der Waals surface area contributed by atoms with Crippen molar-refractivity contribution in [1.82, 2.24) is 14.9 Å². The number of benzene rings is 1. The van der Waals surface area contributed by atoms with Crippen LogP contribution in [0.2, 0.25) is 0 Å². The number of hydrogen-bond acceptors (Lipinski definition) is 5. The van der Waals surface area contributed by atoms with Crippen molar-refractivity contribution < 1.29 is 20.1 Å². The van der Waals surface area contributed by atoms with Crippen LogP contribution in [0.15, 0.2) is 36.5 Å². The molecule has 0 radical (unpaired) electrons. The van der Waals surface area contributed by atoms with Gasteiger partial charge in [-0.25, -0.2) is 4.98 Å². The summed E-state index contributed by atoms with van der Waals surface area (Å²) < 4.78 is 1.64. The summed E-state index contributed by atoms with van der Waals surface area (Å²) in [6.45, 7) is 0.788. The van der Waals surface area contributed by atoms with Crippen molar-refractivity contribution in [1.29, 1.82) is 0 Å². The van der Waals surface area contributed by atoms with Gasteiger partial charge in [0.2, 0.25) is 5.91 Å². The lowest BCUT2D eigenvalue weighted by molar-refractivity contribution is -0.119. The highest BCUT2D eigenvalue weighted by Crippen LogP contribution is 2.17. The number of aliphatic hydroxyl groups excluding tert-OH is 3. The van der Waals surface area contributed by atoms with Gasteiger partial charge in [-0.2, -0.15) is 0 Å². The molecule has 1 unspecified atom stereocenters. The van der Waals surface area contributed by atoms with E-state index in [0.717, 1.165) is 12.1 Å². The normalized spacial score (nSPS) is 13.4. The Bertz CT molecular complexity index is 672. The Morgan fingerprint density at radius 1 is 1.20 bits per heavy atom. The summed E-state index contributed by atoms with van der Waals surface area (Å²) in [6.07, 6.45) is 2.15. The van der Waals surface area contributed by atoms with Gasteiger partial charge in [0.25, 0.3) is 0 Å². The van der Waals surface area contributed by atoms with Gasteiger partial charge in [-0.05, 0) is 18.4 Å². The first kappa shape index (κ1) is 19.1. The van der Waals surface area contributed by atoms with E-state index < -0.39 is 18.8 Å². The number of carbonyl (C=O) groups is 1. The van der Waals surface area contributed by atoms with Crippen molar-refractivity contribution >= 4 is 5.91 Å². The maximum atomic E-state index is 11.2. The van der Waals surface area contributed by atoms with Crippen molar-refractivity contribution in [2.24, 2.45) is 0 Å². The zero-order valence-corrected chi connectivity index (χ0v) is 14.3. The molecular weight excluding hydrogens is 322 g/mol. The molecule has 0 saturated carbocycles. The maximum Gasteiger partial charge on any atom is 0.217 e. The van der Waals surface area contributed by atoms with Crippen LogP contribution in [0.1, 0.15) is 30.0 Å². The third kappa shape index (κ3) is 5.38. The molecule has 1 amide bonds. The van der Waals surface area contributed by atoms with E-state index in [0.29, 0.717) is 12.2 Å². The number of aromatic nitrogens is 2. The van der Waals surface area contributed by atoms with Gasteiger partial charge in [-0.3, -0.25) is 4.79 Å². The maximum absolute atomic E-state index is 11.2. The van der Waals surface area contributed by atoms with Gasteiger partial charge in [0, 0.05) is 13.1 Å². The molecular formula is C18H25N3O4. The largest absolute Gasteiger partial charge is 0.394 e. The molecule has 2 aromatic rings. The van der Waals surface area contributed by atoms with Gasteiger partial charge >= 0.3 is 0 Å². The molecule has 0 spiro atoms. The van der Waals surface area contributed by atoms with Crippen LogP contribution in [-0.2, 0) is 24.2 Å². The number of nitrogens with one attached hydrogen (secondary N) is 1. The Kier molecular flexibility index (Phi) is 7.12. The van der Waals surface area contributed by atoms with E-state index in [1.54, 1.807) is 10.8 Å². The van der Waals surface area contributed by atoms with Crippen LogP contribution >= 0.6 is 0 Å². The summed E-state index contributed by atoms with van der Waals surface area (Å²) in [5.41, 5.74) is 1.99. The first-order valence-corrected chi connectivity index (χ1v) is 8.30. The van der Waals surface area contributed by atoms with Crippen LogP contribution in [0.5, 0.6) is 0 Å². The van der Waals surface area contributed by atoms with Crippen molar-refractivity contribution in [3.05, 3.63) is 53.6 Å². The zero-order valence-electron chi connectivity index (χ0n) is 14.3. The number of nitrogens with zero attached hydrogens (tertiary/aromatic N) is 2. The van der Waals surface area contributed by atoms with E-state index in [9.17, 15) is 20.1 Å². The molecule has 2 rings (SSSR count). The first-order valence-electron chi connectivity index (χ1n) is 8.30. The third-order valence-electron chi connectivity index (χ3n) is 4.04. The Morgan fingerprint density at radius 2 is 1.92 bits per heavy atom. The van der Waals surface area contributed by atoms with E-state index in [2.05, 4.69) is 10.3 Å². The Hall–Kier alpha value is -2.22. The second-order valence-electron chi connectivity index (χ2n) is 5.95. The van der Waals surface area contributed by atoms with Crippen LogP contribution in [0, 0.1) is 0 Å². The van der Waals surface area contributed by atoms with Gasteiger partial charge in [0.05, 0.1) is 37.6 Å². The van der Waals surface area contributed by atoms with Gasteiger partial charge in [-0.1, -0.05) is 30.3 Å². The molecule has 25 heavy (non-hydrogen) atoms. The molecule has 1 aromatic heterocycles. The fourth-order valence-corrected chi connectivity index (χ4v) is 2.66. The molecule has 0 aliphatic carbocycles. The summed E-state index contributed by atoms with van der Waals surface area (Å²) in [4.78, 5) is 15.7. The molecule has 1 aromatic carbocycles. The molecule has 2 atom stereocenters. The Balaban J connectivity index is 2.19. The Labute approximate surface area is 147 Å². The molecule has 0 aliphatic rings. The van der Waals surface area contributed by atoms with E-state index >= 15 is 0 Å². The highest BCUT2D eigenvalue weighted by Gasteiger charge is 2.23. The average molecular weight is 347 g/mol. The van der Waals surface area contributed by atoms with Crippen LogP contribution in [0.3, 0.4) is 0 Å². The van der Waals surface area contributed by atoms with Gasteiger partial charge in [0.15, 0.2) is 0 Å². The summed E-state index contributed by atoms with van der Waals surface area (Å²) in [5, 5.41) is 31.4. The van der Waals surface area contributed by atoms with Crippen LogP contribution in [0.25, 0.3) is 0 Å². The van der Waals surface area contributed by atoms with E-state index in [-0.39, 0.29) is 19.1 Å².